The van der Waals surface area contributed by atoms with Crippen LogP contribution in [0.5, 0.6) is 0 Å². The van der Waals surface area contributed by atoms with Crippen molar-refractivity contribution in [1.82, 2.24) is 0 Å². The molecule has 0 aromatic heterocycles. The molecule has 144 valence electrons. The number of fused-ring (bicyclic) bond motifs is 2. The van der Waals surface area contributed by atoms with Gasteiger partial charge >= 0.3 is 0 Å². The van der Waals surface area contributed by atoms with E-state index in [0.717, 1.165) is 34.9 Å². The lowest BCUT2D eigenvalue weighted by Crippen LogP contribution is -2.35. The fraction of sp³-hybridized carbons (Fsp3) is 0.227. The highest BCUT2D eigenvalue weighted by atomic mass is 32.2. The molecule has 0 radical (unpaired) electrons. The van der Waals surface area contributed by atoms with Gasteiger partial charge in [-0.25, -0.2) is 8.42 Å². The van der Waals surface area contributed by atoms with Gasteiger partial charge in [-0.1, -0.05) is 43.3 Å². The minimum Gasteiger partial charge on any atom is -0.312 e. The molecule has 28 heavy (non-hydrogen) atoms. The van der Waals surface area contributed by atoms with Crippen LogP contribution in [0.15, 0.2) is 65.6 Å². The average molecular weight is 394 g/mol. The van der Waals surface area contributed by atoms with E-state index >= 15 is 0 Å². The van der Waals surface area contributed by atoms with Crippen LogP contribution in [0.25, 0.3) is 10.8 Å². The number of carbonyl (C=O) groups is 1. The number of hydrogen-bond donors (Lipinski definition) is 1. The number of amides is 1. The topological polar surface area (TPSA) is 66.5 Å². The van der Waals surface area contributed by atoms with Crippen molar-refractivity contribution in [3.05, 3.63) is 66.2 Å². The highest BCUT2D eigenvalue weighted by Crippen LogP contribution is 2.31. The normalized spacial score (nSPS) is 14.0. The second kappa shape index (κ2) is 7.28. The molecule has 1 aliphatic heterocycles. The summed E-state index contributed by atoms with van der Waals surface area (Å²) in [6.07, 6.45) is 2.23. The predicted octanol–water partition coefficient (Wildman–Crippen LogP) is 4.33. The maximum Gasteiger partial charge on any atom is 0.261 e. The summed E-state index contributed by atoms with van der Waals surface area (Å²) in [6, 6.07) is 18.2. The van der Waals surface area contributed by atoms with Gasteiger partial charge in [0.2, 0.25) is 5.91 Å². The largest absolute Gasteiger partial charge is 0.312 e. The number of carbonyl (C=O) groups excluding carboxylic acids is 1. The lowest BCUT2D eigenvalue weighted by Gasteiger charge is -2.29. The lowest BCUT2D eigenvalue weighted by atomic mass is 10.0. The van der Waals surface area contributed by atoms with Crippen molar-refractivity contribution in [3.63, 3.8) is 0 Å². The minimum atomic E-state index is -3.73. The second-order valence-corrected chi connectivity index (χ2v) is 8.64. The lowest BCUT2D eigenvalue weighted by molar-refractivity contribution is -0.118. The molecule has 4 rings (SSSR count). The zero-order valence-corrected chi connectivity index (χ0v) is 16.5. The first kappa shape index (κ1) is 18.5. The summed E-state index contributed by atoms with van der Waals surface area (Å²) in [5.41, 5.74) is 2.33. The molecule has 0 fully saturated rings. The van der Waals surface area contributed by atoms with Crippen LogP contribution in [0, 0.1) is 0 Å². The molecule has 1 amide bonds. The van der Waals surface area contributed by atoms with Crippen LogP contribution >= 0.6 is 0 Å². The smallest absolute Gasteiger partial charge is 0.261 e. The Bertz CT molecular complexity index is 1160. The summed E-state index contributed by atoms with van der Waals surface area (Å²) in [4.78, 5) is 14.2. The van der Waals surface area contributed by atoms with Crippen molar-refractivity contribution in [2.24, 2.45) is 0 Å². The van der Waals surface area contributed by atoms with Crippen LogP contribution in [0.3, 0.4) is 0 Å². The number of aryl methyl sites for hydroxylation is 1. The van der Waals surface area contributed by atoms with E-state index in [1.807, 2.05) is 37.3 Å². The molecule has 0 spiro atoms. The van der Waals surface area contributed by atoms with Gasteiger partial charge < -0.3 is 4.90 Å². The molecule has 0 bridgehead atoms. The number of hydrogen-bond acceptors (Lipinski definition) is 3. The minimum absolute atomic E-state index is 0.0514. The first-order valence-corrected chi connectivity index (χ1v) is 10.9. The molecular formula is C22H22N2O3S. The summed E-state index contributed by atoms with van der Waals surface area (Å²) in [5, 5.41) is 1.86. The van der Waals surface area contributed by atoms with Gasteiger partial charge in [-0.2, -0.15) is 0 Å². The zero-order chi connectivity index (χ0) is 19.7. The van der Waals surface area contributed by atoms with Gasteiger partial charge in [0.25, 0.3) is 10.0 Å². The highest BCUT2D eigenvalue weighted by molar-refractivity contribution is 7.92. The Labute approximate surface area is 165 Å². The van der Waals surface area contributed by atoms with E-state index < -0.39 is 10.0 Å². The Morgan fingerprint density at radius 1 is 1.04 bits per heavy atom. The van der Waals surface area contributed by atoms with E-state index in [9.17, 15) is 13.2 Å². The van der Waals surface area contributed by atoms with Crippen molar-refractivity contribution in [2.45, 2.75) is 31.1 Å². The number of rotatable bonds is 4. The maximum absolute atomic E-state index is 12.9. The monoisotopic (exact) mass is 394 g/mol. The third kappa shape index (κ3) is 3.47. The molecule has 0 unspecified atom stereocenters. The summed E-state index contributed by atoms with van der Waals surface area (Å²) in [7, 11) is -3.73. The number of benzene rings is 3. The van der Waals surface area contributed by atoms with Gasteiger partial charge in [0.1, 0.15) is 0 Å². The standard InChI is InChI=1S/C22H22N2O3S/c1-2-22(25)24-13-5-8-17-9-11-19(15-21(17)24)23-28(26,27)20-12-10-16-6-3-4-7-18(16)14-20/h3-4,6-7,9-12,14-15,23H,2,5,8,13H2,1H3. The first-order valence-electron chi connectivity index (χ1n) is 9.43. The fourth-order valence-corrected chi connectivity index (χ4v) is 4.72. The van der Waals surface area contributed by atoms with Crippen molar-refractivity contribution < 1.29 is 13.2 Å². The van der Waals surface area contributed by atoms with Crippen molar-refractivity contribution >= 4 is 38.1 Å². The van der Waals surface area contributed by atoms with Crippen LogP contribution < -0.4 is 9.62 Å². The van der Waals surface area contributed by atoms with Crippen LogP contribution in [-0.4, -0.2) is 20.9 Å². The van der Waals surface area contributed by atoms with E-state index in [1.54, 1.807) is 35.2 Å². The third-order valence-corrected chi connectivity index (χ3v) is 6.47. The molecule has 1 N–H and O–H groups in total. The van der Waals surface area contributed by atoms with Gasteiger partial charge in [0.05, 0.1) is 10.6 Å². The molecule has 0 saturated carbocycles. The number of nitrogens with one attached hydrogen (secondary N) is 1. The van der Waals surface area contributed by atoms with Crippen molar-refractivity contribution in [1.29, 1.82) is 0 Å². The van der Waals surface area contributed by atoms with E-state index in [4.69, 9.17) is 0 Å². The number of anilines is 2. The molecule has 6 heteroatoms. The quantitative estimate of drug-likeness (QED) is 0.716. The third-order valence-electron chi connectivity index (χ3n) is 5.09. The number of nitrogens with zero attached hydrogens (tertiary/aromatic N) is 1. The maximum atomic E-state index is 12.9. The number of sulfonamides is 1. The predicted molar refractivity (Wildman–Crippen MR) is 112 cm³/mol. The first-order chi connectivity index (χ1) is 13.5. The van der Waals surface area contributed by atoms with Crippen molar-refractivity contribution in [2.75, 3.05) is 16.2 Å². The van der Waals surface area contributed by atoms with Crippen LogP contribution in [0.2, 0.25) is 0 Å². The molecule has 1 heterocycles. The average Bonchev–Trinajstić information content (AvgIpc) is 2.72. The Balaban J connectivity index is 1.67. The van der Waals surface area contributed by atoms with Gasteiger partial charge in [-0.3, -0.25) is 9.52 Å². The van der Waals surface area contributed by atoms with E-state index in [-0.39, 0.29) is 10.8 Å². The van der Waals surface area contributed by atoms with Gasteiger partial charge in [0.15, 0.2) is 0 Å². The van der Waals surface area contributed by atoms with Crippen LogP contribution in [0.4, 0.5) is 11.4 Å². The van der Waals surface area contributed by atoms with E-state index in [0.29, 0.717) is 18.7 Å². The molecule has 0 atom stereocenters. The Hall–Kier alpha value is -2.86. The zero-order valence-electron chi connectivity index (χ0n) is 15.7. The van der Waals surface area contributed by atoms with E-state index in [1.165, 1.54) is 0 Å². The van der Waals surface area contributed by atoms with Crippen molar-refractivity contribution in [3.8, 4) is 0 Å². The van der Waals surface area contributed by atoms with E-state index in [2.05, 4.69) is 4.72 Å². The molecule has 5 nitrogen and oxygen atoms in total. The summed E-state index contributed by atoms with van der Waals surface area (Å²) in [5.74, 6) is 0.0514. The molecule has 1 aliphatic rings. The Morgan fingerprint density at radius 2 is 1.82 bits per heavy atom. The molecule has 3 aromatic carbocycles. The highest BCUT2D eigenvalue weighted by Gasteiger charge is 2.23. The van der Waals surface area contributed by atoms with Gasteiger partial charge in [-0.05, 0) is 53.4 Å². The summed E-state index contributed by atoms with van der Waals surface area (Å²) >= 11 is 0. The SMILES string of the molecule is CCC(=O)N1CCCc2ccc(NS(=O)(=O)c3ccc4ccccc4c3)cc21. The molecule has 3 aromatic rings. The Kier molecular flexibility index (Phi) is 4.81. The molecule has 0 aliphatic carbocycles. The fourth-order valence-electron chi connectivity index (χ4n) is 3.64. The molecular weight excluding hydrogens is 372 g/mol. The summed E-state index contributed by atoms with van der Waals surface area (Å²) in [6.45, 7) is 2.50. The van der Waals surface area contributed by atoms with Gasteiger partial charge in [0, 0.05) is 18.7 Å². The Morgan fingerprint density at radius 3 is 2.61 bits per heavy atom. The van der Waals surface area contributed by atoms with Gasteiger partial charge in [-0.15, -0.1) is 0 Å². The second-order valence-electron chi connectivity index (χ2n) is 6.96. The van der Waals surface area contributed by atoms with Crippen LogP contribution in [0.1, 0.15) is 25.3 Å². The summed E-state index contributed by atoms with van der Waals surface area (Å²) < 4.78 is 28.4. The van der Waals surface area contributed by atoms with Crippen LogP contribution in [-0.2, 0) is 21.2 Å². The molecule has 0 saturated heterocycles.